The second-order valence-corrected chi connectivity index (χ2v) is 1.25. The predicted octanol–water partition coefficient (Wildman–Crippen LogP) is 0.420. The van der Waals surface area contributed by atoms with Crippen molar-refractivity contribution >= 4 is 27.3 Å². The molecule has 5 heavy (non-hydrogen) atoms. The molecule has 0 amide bonds. The first-order valence-electron chi connectivity index (χ1n) is 1.55. The fraction of sp³-hybridized carbons (Fsp3) is 0.500. The summed E-state index contributed by atoms with van der Waals surface area (Å²) in [6.45, 7) is 2.14. The van der Waals surface area contributed by atoms with Crippen molar-refractivity contribution in [1.82, 2.24) is 0 Å². The Balaban J connectivity index is 0.000000160. The van der Waals surface area contributed by atoms with Crippen molar-refractivity contribution in [3.05, 3.63) is 11.6 Å². The van der Waals surface area contributed by atoms with Gasteiger partial charge in [0.2, 0.25) is 0 Å². The SMILES string of the molecule is CC1=CC1.[PbH2]. The van der Waals surface area contributed by atoms with E-state index in [0.717, 1.165) is 0 Å². The predicted molar refractivity (Wildman–Crippen MR) is 26.9 cm³/mol. The molecule has 0 aromatic carbocycles. The van der Waals surface area contributed by atoms with Crippen molar-refractivity contribution in [2.75, 3.05) is 0 Å². The molecule has 1 rings (SSSR count). The van der Waals surface area contributed by atoms with Crippen LogP contribution in [0.15, 0.2) is 11.6 Å². The zero-order valence-corrected chi connectivity index (χ0v) is 8.99. The fourth-order valence-electron chi connectivity index (χ4n) is 0.102. The van der Waals surface area contributed by atoms with Gasteiger partial charge in [0.05, 0.1) is 0 Å². The number of rotatable bonds is 0. The summed E-state index contributed by atoms with van der Waals surface area (Å²) in [5.74, 6) is 0. The first-order chi connectivity index (χ1) is 1.89. The third-order valence-corrected chi connectivity index (χ3v) is 0.612. The summed E-state index contributed by atoms with van der Waals surface area (Å²) in [4.78, 5) is 0. The molecule has 0 spiro atoms. The summed E-state index contributed by atoms with van der Waals surface area (Å²) in [5, 5.41) is 0. The molecular formula is C4H8Pb. The minimum atomic E-state index is 0. The maximum absolute atomic E-state index is 2.21. The summed E-state index contributed by atoms with van der Waals surface area (Å²) in [5.41, 5.74) is 1.54. The molecule has 1 aliphatic carbocycles. The Morgan fingerprint density at radius 3 is 2.00 bits per heavy atom. The zero-order chi connectivity index (χ0) is 2.99. The van der Waals surface area contributed by atoms with Crippen LogP contribution >= 0.6 is 0 Å². The molecule has 0 aromatic heterocycles. The molecule has 0 heterocycles. The quantitative estimate of drug-likeness (QED) is 0.439. The van der Waals surface area contributed by atoms with Crippen LogP contribution in [-0.2, 0) is 0 Å². The number of hydrogen-bond acceptors (Lipinski definition) is 0. The Labute approximate surface area is 52.4 Å². The average Bonchev–Trinajstić information content (AvgIpc) is 1.75. The van der Waals surface area contributed by atoms with Gasteiger partial charge in [-0.25, -0.2) is 0 Å². The van der Waals surface area contributed by atoms with E-state index in [9.17, 15) is 0 Å². The van der Waals surface area contributed by atoms with Crippen LogP contribution < -0.4 is 0 Å². The van der Waals surface area contributed by atoms with Crippen molar-refractivity contribution < 1.29 is 0 Å². The van der Waals surface area contributed by atoms with E-state index in [4.69, 9.17) is 0 Å². The number of allylic oxidation sites excluding steroid dienone is 2. The molecular weight excluding hydrogens is 255 g/mol. The van der Waals surface area contributed by atoms with Crippen molar-refractivity contribution in [1.29, 1.82) is 0 Å². The normalized spacial score (nSPS) is 15.8. The molecule has 2 radical (unpaired) electrons. The van der Waals surface area contributed by atoms with Gasteiger partial charge in [0.15, 0.2) is 0 Å². The molecule has 0 atom stereocenters. The van der Waals surface area contributed by atoms with Crippen molar-refractivity contribution in [3.8, 4) is 0 Å². The van der Waals surface area contributed by atoms with Crippen LogP contribution in [0.1, 0.15) is 13.3 Å². The average molecular weight is 263 g/mol. The summed E-state index contributed by atoms with van der Waals surface area (Å²) in [7, 11) is 0. The molecule has 0 saturated carbocycles. The molecule has 0 bridgehead atoms. The van der Waals surface area contributed by atoms with Gasteiger partial charge in [0.1, 0.15) is 0 Å². The molecule has 0 aromatic rings. The molecule has 28 valence electrons. The molecule has 1 heteroatoms. The standard InChI is InChI=1S/C4H6.Pb.2H/c1-4-2-3-4;;;/h2H,3H2,1H3;;;. The first kappa shape index (κ1) is 5.66. The second-order valence-electron chi connectivity index (χ2n) is 1.25. The molecule has 0 fully saturated rings. The van der Waals surface area contributed by atoms with Gasteiger partial charge in [-0.1, -0.05) is 11.6 Å². The van der Waals surface area contributed by atoms with E-state index in [-0.39, 0.29) is 27.3 Å². The Kier molecular flexibility index (Phi) is 2.21. The van der Waals surface area contributed by atoms with Crippen LogP contribution in [0.4, 0.5) is 0 Å². The van der Waals surface area contributed by atoms with Crippen molar-refractivity contribution in [3.63, 3.8) is 0 Å². The Bertz CT molecular complexity index is 54.7. The molecule has 0 nitrogen and oxygen atoms in total. The topological polar surface area (TPSA) is 0 Å². The third-order valence-electron chi connectivity index (χ3n) is 0.612. The molecule has 0 saturated heterocycles. The van der Waals surface area contributed by atoms with Crippen LogP contribution in [0.5, 0.6) is 0 Å². The van der Waals surface area contributed by atoms with Crippen LogP contribution in [0.2, 0.25) is 0 Å². The van der Waals surface area contributed by atoms with Gasteiger partial charge in [-0.2, -0.15) is 0 Å². The molecule has 0 unspecified atom stereocenters. The second kappa shape index (κ2) is 1.95. The zero-order valence-electron chi connectivity index (χ0n) is 3.49. The van der Waals surface area contributed by atoms with Gasteiger partial charge in [0, 0.05) is 0 Å². The molecule has 0 aliphatic heterocycles. The van der Waals surface area contributed by atoms with E-state index < -0.39 is 0 Å². The Morgan fingerprint density at radius 1 is 1.80 bits per heavy atom. The van der Waals surface area contributed by atoms with Gasteiger partial charge < -0.3 is 0 Å². The van der Waals surface area contributed by atoms with Crippen molar-refractivity contribution in [2.45, 2.75) is 13.3 Å². The Morgan fingerprint density at radius 2 is 2.00 bits per heavy atom. The van der Waals surface area contributed by atoms with E-state index in [1.54, 1.807) is 5.57 Å². The third kappa shape index (κ3) is 2.46. The van der Waals surface area contributed by atoms with E-state index in [0.29, 0.717) is 0 Å². The van der Waals surface area contributed by atoms with E-state index in [1.165, 1.54) is 6.42 Å². The maximum atomic E-state index is 2.21. The first-order valence-corrected chi connectivity index (χ1v) is 1.55. The molecule has 0 N–H and O–H groups in total. The van der Waals surface area contributed by atoms with Gasteiger partial charge in [-0.05, 0) is 13.3 Å². The monoisotopic (exact) mass is 264 g/mol. The summed E-state index contributed by atoms with van der Waals surface area (Å²) in [6.07, 6.45) is 3.49. The minimum absolute atomic E-state index is 0. The van der Waals surface area contributed by atoms with Crippen LogP contribution in [-0.4, -0.2) is 27.3 Å². The molecule has 1 aliphatic rings. The van der Waals surface area contributed by atoms with E-state index >= 15 is 0 Å². The number of hydrogen-bond donors (Lipinski definition) is 0. The van der Waals surface area contributed by atoms with Gasteiger partial charge in [-0.3, -0.25) is 0 Å². The fourth-order valence-corrected chi connectivity index (χ4v) is 0.102. The van der Waals surface area contributed by atoms with E-state index in [2.05, 4.69) is 13.0 Å². The van der Waals surface area contributed by atoms with Crippen LogP contribution in [0, 0.1) is 0 Å². The Hall–Kier alpha value is 0.662. The van der Waals surface area contributed by atoms with Gasteiger partial charge >= 0.3 is 27.3 Å². The van der Waals surface area contributed by atoms with Crippen molar-refractivity contribution in [2.24, 2.45) is 0 Å². The summed E-state index contributed by atoms with van der Waals surface area (Å²) < 4.78 is 0. The van der Waals surface area contributed by atoms with Crippen LogP contribution in [0.25, 0.3) is 0 Å². The van der Waals surface area contributed by atoms with Crippen LogP contribution in [0.3, 0.4) is 0 Å². The summed E-state index contributed by atoms with van der Waals surface area (Å²) in [6, 6.07) is 0. The van der Waals surface area contributed by atoms with E-state index in [1.807, 2.05) is 0 Å². The van der Waals surface area contributed by atoms with Gasteiger partial charge in [0.25, 0.3) is 0 Å². The van der Waals surface area contributed by atoms with Gasteiger partial charge in [-0.15, -0.1) is 0 Å². The summed E-state index contributed by atoms with van der Waals surface area (Å²) >= 11 is 0.